The molecule has 7 heteroatoms. The van der Waals surface area contributed by atoms with E-state index in [9.17, 15) is 14.9 Å². The van der Waals surface area contributed by atoms with Crippen LogP contribution in [0.4, 0.5) is 5.69 Å². The zero-order valence-electron chi connectivity index (χ0n) is 13.4. The highest BCUT2D eigenvalue weighted by molar-refractivity contribution is 5.92. The molecule has 0 unspecified atom stereocenters. The van der Waals surface area contributed by atoms with Gasteiger partial charge in [0.2, 0.25) is 5.91 Å². The molecular formula is C17H21N3O4. The summed E-state index contributed by atoms with van der Waals surface area (Å²) >= 11 is 0. The third kappa shape index (κ3) is 3.98. The molecule has 3 rings (SSSR count). The van der Waals surface area contributed by atoms with Crippen LogP contribution in [0.3, 0.4) is 0 Å². The number of carbonyl (C=O) groups is 1. The van der Waals surface area contributed by atoms with Gasteiger partial charge in [0.1, 0.15) is 0 Å². The molecule has 0 aromatic heterocycles. The van der Waals surface area contributed by atoms with E-state index >= 15 is 0 Å². The average molecular weight is 331 g/mol. The lowest BCUT2D eigenvalue weighted by Gasteiger charge is -2.35. The Morgan fingerprint density at radius 1 is 1.46 bits per heavy atom. The minimum absolute atomic E-state index is 0.00256. The SMILES string of the molecule is O=C(/C=C\c1ccccc1[N+](=O)[O-])NC[C@@H]1CN2CCC[C@@H]2CO1. The summed E-state index contributed by atoms with van der Waals surface area (Å²) in [5, 5.41) is 13.7. The predicted octanol–water partition coefficient (Wildman–Crippen LogP) is 1.59. The number of nitro benzene ring substituents is 1. The van der Waals surface area contributed by atoms with Crippen LogP contribution in [0.2, 0.25) is 0 Å². The number of amides is 1. The van der Waals surface area contributed by atoms with Crippen molar-refractivity contribution >= 4 is 17.7 Å². The number of hydrogen-bond acceptors (Lipinski definition) is 5. The van der Waals surface area contributed by atoms with Crippen LogP contribution in [0.25, 0.3) is 6.08 Å². The van der Waals surface area contributed by atoms with Gasteiger partial charge in [0.25, 0.3) is 5.69 Å². The van der Waals surface area contributed by atoms with Crippen molar-refractivity contribution in [3.63, 3.8) is 0 Å². The molecule has 24 heavy (non-hydrogen) atoms. The van der Waals surface area contributed by atoms with E-state index in [-0.39, 0.29) is 17.7 Å². The van der Waals surface area contributed by atoms with Crippen LogP contribution in [0.1, 0.15) is 18.4 Å². The molecule has 2 atom stereocenters. The number of nitrogens with one attached hydrogen (secondary N) is 1. The Hall–Kier alpha value is -2.25. The maximum Gasteiger partial charge on any atom is 0.276 e. The van der Waals surface area contributed by atoms with Gasteiger partial charge < -0.3 is 10.1 Å². The third-order valence-corrected chi connectivity index (χ3v) is 4.51. The lowest BCUT2D eigenvalue weighted by Crippen LogP contribution is -2.49. The molecule has 0 spiro atoms. The molecule has 2 aliphatic heterocycles. The van der Waals surface area contributed by atoms with Crippen molar-refractivity contribution in [3.05, 3.63) is 46.0 Å². The Bertz CT molecular complexity index is 646. The lowest BCUT2D eigenvalue weighted by atomic mass is 10.1. The van der Waals surface area contributed by atoms with Crippen LogP contribution in [-0.4, -0.2) is 54.1 Å². The molecule has 1 aromatic carbocycles. The molecule has 0 bridgehead atoms. The molecule has 2 saturated heterocycles. The monoisotopic (exact) mass is 331 g/mol. The van der Waals surface area contributed by atoms with Gasteiger partial charge in [-0.2, -0.15) is 0 Å². The number of ether oxygens (including phenoxy) is 1. The van der Waals surface area contributed by atoms with E-state index in [4.69, 9.17) is 4.74 Å². The molecule has 7 nitrogen and oxygen atoms in total. The van der Waals surface area contributed by atoms with E-state index in [1.54, 1.807) is 18.2 Å². The number of para-hydroxylation sites is 1. The number of morpholine rings is 1. The van der Waals surface area contributed by atoms with Crippen LogP contribution >= 0.6 is 0 Å². The smallest absolute Gasteiger partial charge is 0.276 e. The Morgan fingerprint density at radius 3 is 3.12 bits per heavy atom. The summed E-state index contributed by atoms with van der Waals surface area (Å²) in [4.78, 5) is 24.8. The molecule has 128 valence electrons. The van der Waals surface area contributed by atoms with Gasteiger partial charge >= 0.3 is 0 Å². The Balaban J connectivity index is 1.50. The van der Waals surface area contributed by atoms with Gasteiger partial charge in [0.05, 0.1) is 23.2 Å². The quantitative estimate of drug-likeness (QED) is 0.503. The number of nitrogens with zero attached hydrogens (tertiary/aromatic N) is 2. The number of fused-ring (bicyclic) bond motifs is 1. The molecule has 0 aliphatic carbocycles. The minimum atomic E-state index is -0.458. The first-order valence-corrected chi connectivity index (χ1v) is 8.18. The summed E-state index contributed by atoms with van der Waals surface area (Å²) in [5.74, 6) is -0.278. The largest absolute Gasteiger partial charge is 0.373 e. The normalized spacial score (nSPS) is 24.0. The molecule has 1 N–H and O–H groups in total. The van der Waals surface area contributed by atoms with Crippen molar-refractivity contribution in [2.24, 2.45) is 0 Å². The molecule has 0 radical (unpaired) electrons. The van der Waals surface area contributed by atoms with Crippen LogP contribution in [-0.2, 0) is 9.53 Å². The minimum Gasteiger partial charge on any atom is -0.373 e. The fraction of sp³-hybridized carbons (Fsp3) is 0.471. The molecule has 2 fully saturated rings. The van der Waals surface area contributed by atoms with Gasteiger partial charge in [-0.3, -0.25) is 19.8 Å². The molecule has 1 amide bonds. The summed E-state index contributed by atoms with van der Waals surface area (Å²) in [6, 6.07) is 6.86. The van der Waals surface area contributed by atoms with E-state index in [2.05, 4.69) is 10.2 Å². The van der Waals surface area contributed by atoms with Crippen molar-refractivity contribution in [2.75, 3.05) is 26.2 Å². The topological polar surface area (TPSA) is 84.7 Å². The van der Waals surface area contributed by atoms with Gasteiger partial charge in [-0.1, -0.05) is 12.1 Å². The number of benzene rings is 1. The van der Waals surface area contributed by atoms with Crippen LogP contribution in [0.5, 0.6) is 0 Å². The highest BCUT2D eigenvalue weighted by Crippen LogP contribution is 2.22. The van der Waals surface area contributed by atoms with Crippen molar-refractivity contribution in [2.45, 2.75) is 25.0 Å². The van der Waals surface area contributed by atoms with Crippen molar-refractivity contribution < 1.29 is 14.5 Å². The zero-order chi connectivity index (χ0) is 16.9. The summed E-state index contributed by atoms with van der Waals surface area (Å²) in [5.41, 5.74) is 0.392. The number of rotatable bonds is 5. The molecule has 2 heterocycles. The summed E-state index contributed by atoms with van der Waals surface area (Å²) in [7, 11) is 0. The summed E-state index contributed by atoms with van der Waals surface area (Å²) < 4.78 is 5.79. The van der Waals surface area contributed by atoms with E-state index in [1.807, 2.05) is 0 Å². The maximum atomic E-state index is 11.9. The second kappa shape index (κ2) is 7.55. The van der Waals surface area contributed by atoms with E-state index in [1.165, 1.54) is 31.1 Å². The van der Waals surface area contributed by atoms with Crippen LogP contribution in [0, 0.1) is 10.1 Å². The van der Waals surface area contributed by atoms with Gasteiger partial charge in [0.15, 0.2) is 0 Å². The van der Waals surface area contributed by atoms with Crippen molar-refractivity contribution in [3.8, 4) is 0 Å². The van der Waals surface area contributed by atoms with Crippen molar-refractivity contribution in [1.29, 1.82) is 0 Å². The first-order chi connectivity index (χ1) is 11.6. The second-order valence-corrected chi connectivity index (χ2v) is 6.14. The van der Waals surface area contributed by atoms with Gasteiger partial charge in [-0.25, -0.2) is 0 Å². The summed E-state index contributed by atoms with van der Waals surface area (Å²) in [6.45, 7) is 3.13. The average Bonchev–Trinajstić information content (AvgIpc) is 3.06. The van der Waals surface area contributed by atoms with Crippen LogP contribution in [0.15, 0.2) is 30.3 Å². The molecular weight excluding hydrogens is 310 g/mol. The number of nitro groups is 1. The van der Waals surface area contributed by atoms with Crippen molar-refractivity contribution in [1.82, 2.24) is 10.2 Å². The van der Waals surface area contributed by atoms with Gasteiger partial charge in [0, 0.05) is 31.3 Å². The maximum absolute atomic E-state index is 11.9. The predicted molar refractivity (Wildman–Crippen MR) is 89.5 cm³/mol. The Labute approximate surface area is 140 Å². The highest BCUT2D eigenvalue weighted by atomic mass is 16.6. The van der Waals surface area contributed by atoms with Crippen LogP contribution < -0.4 is 5.32 Å². The Kier molecular flexibility index (Phi) is 5.22. The molecule has 2 aliphatic rings. The number of hydrogen-bond donors (Lipinski definition) is 1. The fourth-order valence-electron chi connectivity index (χ4n) is 3.24. The fourth-order valence-corrected chi connectivity index (χ4v) is 3.24. The molecule has 1 aromatic rings. The zero-order valence-corrected chi connectivity index (χ0v) is 13.4. The highest BCUT2D eigenvalue weighted by Gasteiger charge is 2.32. The Morgan fingerprint density at radius 2 is 2.29 bits per heavy atom. The lowest BCUT2D eigenvalue weighted by molar-refractivity contribution is -0.385. The van der Waals surface area contributed by atoms with Gasteiger partial charge in [-0.05, 0) is 31.5 Å². The molecule has 0 saturated carbocycles. The first-order valence-electron chi connectivity index (χ1n) is 8.18. The third-order valence-electron chi connectivity index (χ3n) is 4.51. The second-order valence-electron chi connectivity index (χ2n) is 6.14. The summed E-state index contributed by atoms with van der Waals surface area (Å²) in [6.07, 6.45) is 5.20. The van der Waals surface area contributed by atoms with E-state index in [0.29, 0.717) is 18.2 Å². The standard InChI is InChI=1S/C17H21N3O4/c21-17(8-7-13-4-1-2-6-16(13)20(22)23)18-10-15-11-19-9-3-5-14(19)12-24-15/h1-2,4,6-8,14-15H,3,5,9-12H2,(H,18,21)/b8-7-/t14-,15-/m1/s1. The number of carbonyl (C=O) groups excluding carboxylic acids is 1. The van der Waals surface area contributed by atoms with Gasteiger partial charge in [-0.15, -0.1) is 0 Å². The first kappa shape index (κ1) is 16.6. The van der Waals surface area contributed by atoms with E-state index in [0.717, 1.165) is 19.7 Å². The van der Waals surface area contributed by atoms with E-state index < -0.39 is 4.92 Å².